The van der Waals surface area contributed by atoms with Gasteiger partial charge in [-0.2, -0.15) is 0 Å². The van der Waals surface area contributed by atoms with Gasteiger partial charge in [-0.25, -0.2) is 17.2 Å². The molecule has 0 saturated heterocycles. The normalized spacial score (nSPS) is 14.7. The Morgan fingerprint density at radius 2 is 1.45 bits per heavy atom. The number of anilines is 1. The van der Waals surface area contributed by atoms with Crippen LogP contribution in [-0.4, -0.2) is 43.8 Å². The molecule has 10 heteroatoms. The predicted molar refractivity (Wildman–Crippen MR) is 158 cm³/mol. The van der Waals surface area contributed by atoms with E-state index in [1.165, 1.54) is 53.4 Å². The molecule has 2 amide bonds. The SMILES string of the molecule is CCC(C(=O)NC1CCCCC1)N(Cc1ccc(F)cc1)C(=O)CN(c1ccc(F)cc1)S(=O)(=O)c1ccc(C)cc1. The molecule has 1 N–H and O–H groups in total. The van der Waals surface area contributed by atoms with Crippen molar-refractivity contribution in [3.63, 3.8) is 0 Å². The molecule has 0 heterocycles. The van der Waals surface area contributed by atoms with E-state index in [0.29, 0.717) is 5.56 Å². The summed E-state index contributed by atoms with van der Waals surface area (Å²) in [6, 6.07) is 15.8. The highest BCUT2D eigenvalue weighted by Gasteiger charge is 2.34. The number of benzene rings is 3. The first-order valence-electron chi connectivity index (χ1n) is 14.3. The van der Waals surface area contributed by atoms with Gasteiger partial charge < -0.3 is 10.2 Å². The molecular formula is C32H37F2N3O4S. The summed E-state index contributed by atoms with van der Waals surface area (Å²) in [7, 11) is -4.25. The highest BCUT2D eigenvalue weighted by molar-refractivity contribution is 7.92. The molecule has 224 valence electrons. The van der Waals surface area contributed by atoms with Crippen LogP contribution in [0.3, 0.4) is 0 Å². The van der Waals surface area contributed by atoms with Gasteiger partial charge in [0.2, 0.25) is 11.8 Å². The Hall–Kier alpha value is -3.79. The Morgan fingerprint density at radius 3 is 2.02 bits per heavy atom. The van der Waals surface area contributed by atoms with Gasteiger partial charge in [-0.3, -0.25) is 13.9 Å². The Kier molecular flexibility index (Phi) is 10.3. The maximum atomic E-state index is 14.1. The molecule has 3 aromatic rings. The fourth-order valence-corrected chi connectivity index (χ4v) is 6.64. The number of sulfonamides is 1. The summed E-state index contributed by atoms with van der Waals surface area (Å²) in [6.07, 6.45) is 5.16. The van der Waals surface area contributed by atoms with Gasteiger partial charge in [0.05, 0.1) is 10.6 Å². The molecule has 1 aliphatic rings. The first-order chi connectivity index (χ1) is 20.1. The summed E-state index contributed by atoms with van der Waals surface area (Å²) in [5.74, 6) is -1.92. The molecule has 42 heavy (non-hydrogen) atoms. The summed E-state index contributed by atoms with van der Waals surface area (Å²) >= 11 is 0. The second-order valence-electron chi connectivity index (χ2n) is 10.7. The van der Waals surface area contributed by atoms with Crippen LogP contribution in [0.15, 0.2) is 77.7 Å². The first kappa shape index (κ1) is 31.2. The van der Waals surface area contributed by atoms with E-state index in [1.807, 2.05) is 6.92 Å². The molecule has 1 unspecified atom stereocenters. The van der Waals surface area contributed by atoms with Crippen molar-refractivity contribution in [1.29, 1.82) is 0 Å². The number of amides is 2. The van der Waals surface area contributed by atoms with Crippen molar-refractivity contribution in [2.45, 2.75) is 75.9 Å². The van der Waals surface area contributed by atoms with Crippen molar-refractivity contribution < 1.29 is 26.8 Å². The molecule has 1 saturated carbocycles. The van der Waals surface area contributed by atoms with Crippen LogP contribution in [0.1, 0.15) is 56.6 Å². The van der Waals surface area contributed by atoms with E-state index in [-0.39, 0.29) is 35.5 Å². The zero-order valence-electron chi connectivity index (χ0n) is 23.9. The minimum atomic E-state index is -4.25. The third-order valence-electron chi connectivity index (χ3n) is 7.61. The van der Waals surface area contributed by atoms with E-state index in [2.05, 4.69) is 5.32 Å². The van der Waals surface area contributed by atoms with E-state index in [4.69, 9.17) is 0 Å². The second kappa shape index (κ2) is 13.9. The quantitative estimate of drug-likeness (QED) is 0.306. The third-order valence-corrected chi connectivity index (χ3v) is 9.39. The highest BCUT2D eigenvalue weighted by atomic mass is 32.2. The average molecular weight is 598 g/mol. The Balaban J connectivity index is 1.69. The summed E-state index contributed by atoms with van der Waals surface area (Å²) in [5.41, 5.74) is 1.55. The third kappa shape index (κ3) is 7.73. The van der Waals surface area contributed by atoms with Crippen molar-refractivity contribution in [2.24, 2.45) is 0 Å². The van der Waals surface area contributed by atoms with E-state index in [1.54, 1.807) is 19.1 Å². The van der Waals surface area contributed by atoms with Crippen molar-refractivity contribution in [1.82, 2.24) is 10.2 Å². The maximum Gasteiger partial charge on any atom is 0.264 e. The van der Waals surface area contributed by atoms with Crippen LogP contribution in [0.25, 0.3) is 0 Å². The van der Waals surface area contributed by atoms with Gasteiger partial charge in [-0.15, -0.1) is 0 Å². The largest absolute Gasteiger partial charge is 0.352 e. The molecule has 0 bridgehead atoms. The number of halogens is 2. The van der Waals surface area contributed by atoms with Crippen LogP contribution in [0.4, 0.5) is 14.5 Å². The van der Waals surface area contributed by atoms with Gasteiger partial charge in [-0.05, 0) is 80.3 Å². The summed E-state index contributed by atoms with van der Waals surface area (Å²) < 4.78 is 56.1. The number of hydrogen-bond acceptors (Lipinski definition) is 4. The fraction of sp³-hybridized carbons (Fsp3) is 0.375. The van der Waals surface area contributed by atoms with Crippen LogP contribution in [0, 0.1) is 18.6 Å². The average Bonchev–Trinajstić information content (AvgIpc) is 2.98. The topological polar surface area (TPSA) is 86.8 Å². The zero-order chi connectivity index (χ0) is 30.3. The van der Waals surface area contributed by atoms with Crippen molar-refractivity contribution in [2.75, 3.05) is 10.8 Å². The monoisotopic (exact) mass is 597 g/mol. The molecule has 0 aliphatic heterocycles. The van der Waals surface area contributed by atoms with Crippen molar-refractivity contribution >= 4 is 27.5 Å². The van der Waals surface area contributed by atoms with Gasteiger partial charge >= 0.3 is 0 Å². The number of nitrogens with zero attached hydrogens (tertiary/aromatic N) is 2. The summed E-state index contributed by atoms with van der Waals surface area (Å²) in [4.78, 5) is 28.9. The molecule has 0 radical (unpaired) electrons. The maximum absolute atomic E-state index is 14.1. The number of aryl methyl sites for hydroxylation is 1. The van der Waals surface area contributed by atoms with Gasteiger partial charge in [0.15, 0.2) is 0 Å². The number of hydrogen-bond donors (Lipinski definition) is 1. The standard InChI is InChI=1S/C32H37F2N3O4S/c1-3-30(32(39)35-27-7-5-4-6-8-27)36(21-24-11-13-25(33)14-12-24)31(38)22-37(28-17-15-26(34)16-18-28)42(40,41)29-19-9-23(2)10-20-29/h9-20,27,30H,3-8,21-22H2,1-2H3,(H,35,39). The van der Waals surface area contributed by atoms with E-state index in [0.717, 1.165) is 54.1 Å². The number of carbonyl (C=O) groups is 2. The lowest BCUT2D eigenvalue weighted by Crippen LogP contribution is -2.54. The molecule has 7 nitrogen and oxygen atoms in total. The van der Waals surface area contributed by atoms with Crippen LogP contribution in [0.5, 0.6) is 0 Å². The van der Waals surface area contributed by atoms with Gasteiger partial charge in [0.25, 0.3) is 10.0 Å². The lowest BCUT2D eigenvalue weighted by Gasteiger charge is -2.34. The molecular weight excluding hydrogens is 560 g/mol. The number of carbonyl (C=O) groups excluding carboxylic acids is 2. The van der Waals surface area contributed by atoms with E-state index in [9.17, 15) is 26.8 Å². The molecule has 1 fully saturated rings. The molecule has 0 aromatic heterocycles. The minimum Gasteiger partial charge on any atom is -0.352 e. The number of rotatable bonds is 11. The van der Waals surface area contributed by atoms with E-state index < -0.39 is 40.2 Å². The minimum absolute atomic E-state index is 0.0145. The first-order valence-corrected chi connectivity index (χ1v) is 15.7. The van der Waals surface area contributed by atoms with Crippen LogP contribution >= 0.6 is 0 Å². The Bertz CT molecular complexity index is 1460. The molecule has 3 aromatic carbocycles. The van der Waals surface area contributed by atoms with Crippen molar-refractivity contribution in [3.8, 4) is 0 Å². The lowest BCUT2D eigenvalue weighted by molar-refractivity contribution is -0.140. The Labute approximate surface area is 246 Å². The zero-order valence-corrected chi connectivity index (χ0v) is 24.7. The Morgan fingerprint density at radius 1 is 0.881 bits per heavy atom. The van der Waals surface area contributed by atoms with Crippen LogP contribution in [0.2, 0.25) is 0 Å². The van der Waals surface area contributed by atoms with Gasteiger partial charge in [0, 0.05) is 12.6 Å². The van der Waals surface area contributed by atoms with Gasteiger partial charge in [0.1, 0.15) is 24.2 Å². The van der Waals surface area contributed by atoms with E-state index >= 15 is 0 Å². The van der Waals surface area contributed by atoms with Crippen molar-refractivity contribution in [3.05, 3.63) is 95.6 Å². The highest BCUT2D eigenvalue weighted by Crippen LogP contribution is 2.26. The molecule has 0 spiro atoms. The smallest absolute Gasteiger partial charge is 0.264 e. The molecule has 4 rings (SSSR count). The molecule has 1 aliphatic carbocycles. The van der Waals surface area contributed by atoms with Gasteiger partial charge in [-0.1, -0.05) is 56.0 Å². The molecule has 1 atom stereocenters. The van der Waals surface area contributed by atoms with Crippen LogP contribution < -0.4 is 9.62 Å². The number of nitrogens with one attached hydrogen (secondary N) is 1. The summed E-state index contributed by atoms with van der Waals surface area (Å²) in [5, 5.41) is 3.09. The summed E-state index contributed by atoms with van der Waals surface area (Å²) in [6.45, 7) is 2.96. The predicted octanol–water partition coefficient (Wildman–Crippen LogP) is 5.72. The second-order valence-corrected chi connectivity index (χ2v) is 12.6. The van der Waals surface area contributed by atoms with Crippen LogP contribution in [-0.2, 0) is 26.2 Å². The lowest BCUT2D eigenvalue weighted by atomic mass is 9.95. The fourth-order valence-electron chi connectivity index (χ4n) is 5.22.